The fourth-order valence-electron chi connectivity index (χ4n) is 3.01. The Morgan fingerprint density at radius 2 is 1.81 bits per heavy atom. The lowest BCUT2D eigenvalue weighted by atomic mass is 10.1. The van der Waals surface area contributed by atoms with Gasteiger partial charge in [0.05, 0.1) is 12.8 Å². The Kier molecular flexibility index (Phi) is 8.56. The van der Waals surface area contributed by atoms with Gasteiger partial charge in [-0.15, -0.1) is 24.8 Å². The van der Waals surface area contributed by atoms with E-state index in [0.29, 0.717) is 12.1 Å². The van der Waals surface area contributed by atoms with Crippen molar-refractivity contribution >= 4 is 24.8 Å². The van der Waals surface area contributed by atoms with Crippen LogP contribution in [0.3, 0.4) is 0 Å². The van der Waals surface area contributed by atoms with E-state index in [-0.39, 0.29) is 24.8 Å². The minimum absolute atomic E-state index is 0. The highest BCUT2D eigenvalue weighted by molar-refractivity contribution is 5.85. The van der Waals surface area contributed by atoms with Crippen LogP contribution in [-0.4, -0.2) is 42.2 Å². The minimum atomic E-state index is 0. The molecule has 1 fully saturated rings. The molecule has 4 nitrogen and oxygen atoms in total. The lowest BCUT2D eigenvalue weighted by Crippen LogP contribution is -2.53. The van der Waals surface area contributed by atoms with E-state index in [1.807, 2.05) is 13.1 Å². The highest BCUT2D eigenvalue weighted by atomic mass is 35.5. The summed E-state index contributed by atoms with van der Waals surface area (Å²) in [6, 6.07) is 1.08. The predicted octanol–water partition coefficient (Wildman–Crippen LogP) is 2.73. The smallest absolute Gasteiger partial charge is 0.128 e. The first-order chi connectivity index (χ1) is 9.01. The molecule has 2 heterocycles. The summed E-state index contributed by atoms with van der Waals surface area (Å²) < 4.78 is 5.48. The third-order valence-corrected chi connectivity index (χ3v) is 3.76. The van der Waals surface area contributed by atoms with Crippen molar-refractivity contribution in [2.24, 2.45) is 0 Å². The van der Waals surface area contributed by atoms with E-state index >= 15 is 0 Å². The Morgan fingerprint density at radius 1 is 1.24 bits per heavy atom. The van der Waals surface area contributed by atoms with Crippen molar-refractivity contribution < 1.29 is 4.74 Å². The predicted molar refractivity (Wildman–Crippen MR) is 92.1 cm³/mol. The third-order valence-electron chi connectivity index (χ3n) is 3.76. The largest absolute Gasteiger partial charge is 0.496 e. The average molecular weight is 336 g/mol. The molecule has 2 atom stereocenters. The maximum atomic E-state index is 5.48. The van der Waals surface area contributed by atoms with Gasteiger partial charge < -0.3 is 10.1 Å². The Hall–Kier alpha value is -0.550. The summed E-state index contributed by atoms with van der Waals surface area (Å²) in [6.07, 6.45) is 1.91. The monoisotopic (exact) mass is 335 g/mol. The molecule has 0 aromatic carbocycles. The van der Waals surface area contributed by atoms with Crippen LogP contribution in [0.15, 0.2) is 6.20 Å². The Balaban J connectivity index is 0.00000200. The van der Waals surface area contributed by atoms with Crippen molar-refractivity contribution in [1.82, 2.24) is 15.2 Å². The summed E-state index contributed by atoms with van der Waals surface area (Å²) in [5, 5.41) is 3.55. The van der Waals surface area contributed by atoms with E-state index in [4.69, 9.17) is 4.74 Å². The van der Waals surface area contributed by atoms with Crippen LogP contribution in [0, 0.1) is 13.8 Å². The number of nitrogens with one attached hydrogen (secondary N) is 1. The van der Waals surface area contributed by atoms with E-state index in [9.17, 15) is 0 Å². The van der Waals surface area contributed by atoms with Crippen LogP contribution in [0.4, 0.5) is 0 Å². The second kappa shape index (κ2) is 8.79. The first-order valence-electron chi connectivity index (χ1n) is 6.98. The molecule has 1 aromatic rings. The lowest BCUT2D eigenvalue weighted by Gasteiger charge is -2.36. The zero-order chi connectivity index (χ0) is 14.0. The summed E-state index contributed by atoms with van der Waals surface area (Å²) in [4.78, 5) is 7.06. The van der Waals surface area contributed by atoms with Gasteiger partial charge in [0, 0.05) is 49.0 Å². The topological polar surface area (TPSA) is 37.4 Å². The molecule has 0 amide bonds. The normalized spacial score (nSPS) is 22.1. The van der Waals surface area contributed by atoms with Crippen molar-refractivity contribution in [3.63, 3.8) is 0 Å². The van der Waals surface area contributed by atoms with Gasteiger partial charge in [0.25, 0.3) is 0 Å². The number of aryl methyl sites for hydroxylation is 1. The van der Waals surface area contributed by atoms with Crippen LogP contribution < -0.4 is 10.1 Å². The summed E-state index contributed by atoms with van der Waals surface area (Å²) in [5.74, 6) is 0.973. The molecule has 0 radical (unpaired) electrons. The van der Waals surface area contributed by atoms with Crippen LogP contribution >= 0.6 is 24.8 Å². The number of rotatable bonds is 3. The minimum Gasteiger partial charge on any atom is -0.496 e. The Morgan fingerprint density at radius 3 is 2.33 bits per heavy atom. The van der Waals surface area contributed by atoms with Crippen molar-refractivity contribution in [1.29, 1.82) is 0 Å². The van der Waals surface area contributed by atoms with Crippen LogP contribution in [0.25, 0.3) is 0 Å². The van der Waals surface area contributed by atoms with Gasteiger partial charge in [-0.1, -0.05) is 0 Å². The van der Waals surface area contributed by atoms with Gasteiger partial charge in [-0.3, -0.25) is 9.88 Å². The molecule has 1 saturated heterocycles. The second-order valence-electron chi connectivity index (χ2n) is 5.71. The first-order valence-corrected chi connectivity index (χ1v) is 6.98. The number of methoxy groups -OCH3 is 1. The number of ether oxygens (including phenoxy) is 1. The Labute approximate surface area is 140 Å². The number of hydrogen-bond acceptors (Lipinski definition) is 4. The fraction of sp³-hybridized carbons (Fsp3) is 0.667. The van der Waals surface area contributed by atoms with E-state index < -0.39 is 0 Å². The van der Waals surface area contributed by atoms with Gasteiger partial charge in [-0.05, 0) is 27.7 Å². The summed E-state index contributed by atoms with van der Waals surface area (Å²) in [6.45, 7) is 11.7. The molecule has 0 aliphatic carbocycles. The summed E-state index contributed by atoms with van der Waals surface area (Å²) in [7, 11) is 1.73. The van der Waals surface area contributed by atoms with E-state index in [0.717, 1.165) is 36.6 Å². The molecule has 0 saturated carbocycles. The van der Waals surface area contributed by atoms with Gasteiger partial charge in [0.15, 0.2) is 0 Å². The van der Waals surface area contributed by atoms with Crippen LogP contribution in [0.5, 0.6) is 5.75 Å². The third kappa shape index (κ3) is 4.99. The number of pyridine rings is 1. The molecular formula is C15H27Cl2N3O. The molecule has 1 aromatic heterocycles. The van der Waals surface area contributed by atoms with E-state index in [1.165, 1.54) is 5.56 Å². The van der Waals surface area contributed by atoms with E-state index in [2.05, 4.69) is 36.0 Å². The molecule has 6 heteroatoms. The van der Waals surface area contributed by atoms with Crippen molar-refractivity contribution in [2.75, 3.05) is 20.2 Å². The van der Waals surface area contributed by atoms with Crippen LogP contribution in [-0.2, 0) is 6.54 Å². The fourth-order valence-corrected chi connectivity index (χ4v) is 3.01. The number of hydrogen-bond donors (Lipinski definition) is 1. The lowest BCUT2D eigenvalue weighted by molar-refractivity contribution is 0.164. The van der Waals surface area contributed by atoms with E-state index in [1.54, 1.807) is 7.11 Å². The van der Waals surface area contributed by atoms with Gasteiger partial charge in [-0.25, -0.2) is 0 Å². The van der Waals surface area contributed by atoms with Crippen LogP contribution in [0.2, 0.25) is 0 Å². The standard InChI is InChI=1S/C15H25N3O.2ClH/c1-10-6-16-14(13(4)15(10)19-5)9-18-7-11(2)17-12(3)8-18;;/h6,11-12,17H,7-9H2,1-5H3;2*1H. The number of aromatic nitrogens is 1. The molecular weight excluding hydrogens is 309 g/mol. The molecule has 2 unspecified atom stereocenters. The molecule has 2 rings (SSSR count). The van der Waals surface area contributed by atoms with Crippen molar-refractivity contribution in [3.05, 3.63) is 23.0 Å². The van der Waals surface area contributed by atoms with Gasteiger partial charge in [-0.2, -0.15) is 0 Å². The molecule has 1 N–H and O–H groups in total. The molecule has 0 bridgehead atoms. The molecule has 0 spiro atoms. The maximum Gasteiger partial charge on any atom is 0.128 e. The molecule has 21 heavy (non-hydrogen) atoms. The zero-order valence-electron chi connectivity index (χ0n) is 13.5. The van der Waals surface area contributed by atoms with Crippen molar-refractivity contribution in [3.8, 4) is 5.75 Å². The zero-order valence-corrected chi connectivity index (χ0v) is 15.1. The number of nitrogens with zero attached hydrogens (tertiary/aromatic N) is 2. The average Bonchev–Trinajstić information content (AvgIpc) is 2.32. The highest BCUT2D eigenvalue weighted by Crippen LogP contribution is 2.25. The maximum absolute atomic E-state index is 5.48. The van der Waals surface area contributed by atoms with Crippen LogP contribution in [0.1, 0.15) is 30.7 Å². The molecule has 1 aliphatic rings. The highest BCUT2D eigenvalue weighted by Gasteiger charge is 2.22. The van der Waals surface area contributed by atoms with Gasteiger partial charge in [0.2, 0.25) is 0 Å². The SMILES string of the molecule is COc1c(C)cnc(CN2CC(C)NC(C)C2)c1C.Cl.Cl. The summed E-state index contributed by atoms with van der Waals surface area (Å²) >= 11 is 0. The first kappa shape index (κ1) is 20.5. The number of piperazine rings is 1. The van der Waals surface area contributed by atoms with Gasteiger partial charge >= 0.3 is 0 Å². The molecule has 1 aliphatic heterocycles. The summed E-state index contributed by atoms with van der Waals surface area (Å²) in [5.41, 5.74) is 3.40. The number of halogens is 2. The second-order valence-corrected chi connectivity index (χ2v) is 5.71. The van der Waals surface area contributed by atoms with Gasteiger partial charge in [0.1, 0.15) is 5.75 Å². The molecule has 122 valence electrons. The van der Waals surface area contributed by atoms with Crippen molar-refractivity contribution in [2.45, 2.75) is 46.3 Å². The quantitative estimate of drug-likeness (QED) is 0.921. The Bertz CT molecular complexity index is 447.